The van der Waals surface area contributed by atoms with Gasteiger partial charge in [0.1, 0.15) is 11.6 Å². The number of amides is 1. The molecule has 2 aromatic rings. The molecule has 0 heterocycles. The van der Waals surface area contributed by atoms with E-state index in [0.717, 1.165) is 12.0 Å². The first kappa shape index (κ1) is 17.9. The van der Waals surface area contributed by atoms with Crippen molar-refractivity contribution in [2.45, 2.75) is 26.2 Å². The Balaban J connectivity index is 2.06. The fourth-order valence-electron chi connectivity index (χ4n) is 2.13. The van der Waals surface area contributed by atoms with Gasteiger partial charge in [0.2, 0.25) is 0 Å². The Bertz CT molecular complexity index is 747. The van der Waals surface area contributed by atoms with E-state index in [9.17, 15) is 14.3 Å². The average Bonchev–Trinajstić information content (AvgIpc) is 2.56. The van der Waals surface area contributed by atoms with Crippen molar-refractivity contribution in [3.05, 3.63) is 59.4 Å². The summed E-state index contributed by atoms with van der Waals surface area (Å²) in [7, 11) is 0. The summed E-state index contributed by atoms with van der Waals surface area (Å²) < 4.78 is 12.9. The van der Waals surface area contributed by atoms with Crippen molar-refractivity contribution in [1.82, 2.24) is 5.32 Å². The Morgan fingerprint density at radius 2 is 1.92 bits per heavy atom. The lowest BCUT2D eigenvalue weighted by molar-refractivity contribution is 0.0977. The Hall–Kier alpha value is -2.47. The zero-order valence-corrected chi connectivity index (χ0v) is 14.3. The predicted octanol–water partition coefficient (Wildman–Crippen LogP) is 4.17. The van der Waals surface area contributed by atoms with Gasteiger partial charge in [-0.15, -0.1) is 0 Å². The lowest BCUT2D eigenvalue weighted by Crippen LogP contribution is -2.34. The van der Waals surface area contributed by atoms with E-state index >= 15 is 0 Å². The van der Waals surface area contributed by atoms with Crippen LogP contribution in [0.3, 0.4) is 0 Å². The Morgan fingerprint density at radius 3 is 2.54 bits per heavy atom. The number of thiocarbonyl (C=S) groups is 1. The van der Waals surface area contributed by atoms with Crippen molar-refractivity contribution in [3.63, 3.8) is 0 Å². The van der Waals surface area contributed by atoms with Crippen LogP contribution in [-0.2, 0) is 0 Å². The third kappa shape index (κ3) is 4.52. The summed E-state index contributed by atoms with van der Waals surface area (Å²) in [6.45, 7) is 4.17. The Labute approximate surface area is 145 Å². The summed E-state index contributed by atoms with van der Waals surface area (Å²) in [6, 6.07) is 10.4. The van der Waals surface area contributed by atoms with Crippen LogP contribution in [0.5, 0.6) is 5.75 Å². The van der Waals surface area contributed by atoms with Crippen LogP contribution in [0.4, 0.5) is 10.1 Å². The van der Waals surface area contributed by atoms with Crippen LogP contribution in [0.2, 0.25) is 0 Å². The van der Waals surface area contributed by atoms with E-state index in [1.54, 1.807) is 12.1 Å². The lowest BCUT2D eigenvalue weighted by Gasteiger charge is -2.14. The number of phenolic OH excluding ortho intramolecular Hbond substituents is 1. The third-order valence-corrected chi connectivity index (χ3v) is 3.99. The van der Waals surface area contributed by atoms with Gasteiger partial charge in [0.15, 0.2) is 5.11 Å². The summed E-state index contributed by atoms with van der Waals surface area (Å²) in [6.07, 6.45) is 0.968. The molecule has 1 amide bonds. The number of nitrogens with one attached hydrogen (secondary N) is 2. The van der Waals surface area contributed by atoms with Crippen molar-refractivity contribution >= 4 is 28.9 Å². The van der Waals surface area contributed by atoms with E-state index < -0.39 is 11.7 Å². The SMILES string of the molecule is CCC(C)c1ccc(O)c(NC(=S)NC(=O)c2ccc(F)cc2)c1. The van der Waals surface area contributed by atoms with Crippen LogP contribution in [0.15, 0.2) is 42.5 Å². The molecule has 4 nitrogen and oxygen atoms in total. The van der Waals surface area contributed by atoms with Crippen molar-refractivity contribution < 1.29 is 14.3 Å². The highest BCUT2D eigenvalue weighted by Crippen LogP contribution is 2.29. The minimum Gasteiger partial charge on any atom is -0.506 e. The van der Waals surface area contributed by atoms with Gasteiger partial charge in [0, 0.05) is 5.56 Å². The normalized spacial score (nSPS) is 11.6. The molecule has 0 spiro atoms. The summed E-state index contributed by atoms with van der Waals surface area (Å²) in [5.74, 6) is -0.488. The van der Waals surface area contributed by atoms with Crippen molar-refractivity contribution in [1.29, 1.82) is 0 Å². The second-order valence-corrected chi connectivity index (χ2v) is 5.91. The first-order chi connectivity index (χ1) is 11.4. The standard InChI is InChI=1S/C18H19FN2O2S/c1-3-11(2)13-6-9-16(22)15(10-13)20-18(24)21-17(23)12-4-7-14(19)8-5-12/h4-11,22H,3H2,1-2H3,(H2,20,21,23,24). The summed E-state index contributed by atoms with van der Waals surface area (Å²) in [5.41, 5.74) is 1.78. The minimum absolute atomic E-state index is 0.0421. The minimum atomic E-state index is -0.454. The zero-order chi connectivity index (χ0) is 17.7. The number of carbonyl (C=O) groups excluding carboxylic acids is 1. The van der Waals surface area contributed by atoms with E-state index in [0.29, 0.717) is 11.6 Å². The maximum Gasteiger partial charge on any atom is 0.257 e. The second-order valence-electron chi connectivity index (χ2n) is 5.50. The van der Waals surface area contributed by atoms with Crippen LogP contribution < -0.4 is 10.6 Å². The molecule has 1 atom stereocenters. The van der Waals surface area contributed by atoms with Crippen LogP contribution in [-0.4, -0.2) is 16.1 Å². The summed E-state index contributed by atoms with van der Waals surface area (Å²) >= 11 is 5.11. The molecule has 126 valence electrons. The van der Waals surface area contributed by atoms with Gasteiger partial charge in [0.25, 0.3) is 5.91 Å². The van der Waals surface area contributed by atoms with Gasteiger partial charge in [-0.05, 0) is 66.5 Å². The van der Waals surface area contributed by atoms with Crippen LogP contribution in [0.25, 0.3) is 0 Å². The molecule has 0 aliphatic heterocycles. The van der Waals surface area contributed by atoms with Crippen LogP contribution in [0, 0.1) is 5.82 Å². The van der Waals surface area contributed by atoms with Gasteiger partial charge in [-0.25, -0.2) is 4.39 Å². The molecular weight excluding hydrogens is 327 g/mol. The molecule has 6 heteroatoms. The first-order valence-corrected chi connectivity index (χ1v) is 8.02. The monoisotopic (exact) mass is 346 g/mol. The molecule has 24 heavy (non-hydrogen) atoms. The van der Waals surface area contributed by atoms with Gasteiger partial charge in [-0.1, -0.05) is 19.9 Å². The van der Waals surface area contributed by atoms with E-state index in [4.69, 9.17) is 12.2 Å². The van der Waals surface area contributed by atoms with Crippen LogP contribution in [0.1, 0.15) is 42.1 Å². The van der Waals surface area contributed by atoms with Crippen molar-refractivity contribution in [3.8, 4) is 5.75 Å². The molecular formula is C18H19FN2O2S. The van der Waals surface area contributed by atoms with Crippen molar-refractivity contribution in [2.75, 3.05) is 5.32 Å². The highest BCUT2D eigenvalue weighted by atomic mass is 32.1. The van der Waals surface area contributed by atoms with E-state index in [-0.39, 0.29) is 16.4 Å². The van der Waals surface area contributed by atoms with Crippen LogP contribution >= 0.6 is 12.2 Å². The molecule has 0 bridgehead atoms. The lowest BCUT2D eigenvalue weighted by atomic mass is 9.98. The van der Waals surface area contributed by atoms with Gasteiger partial charge < -0.3 is 10.4 Å². The number of carbonyl (C=O) groups is 1. The molecule has 0 radical (unpaired) electrons. The van der Waals surface area contributed by atoms with E-state index in [1.165, 1.54) is 24.3 Å². The molecule has 2 rings (SSSR count). The highest BCUT2D eigenvalue weighted by Gasteiger charge is 2.11. The molecule has 0 aliphatic rings. The zero-order valence-electron chi connectivity index (χ0n) is 13.5. The smallest absolute Gasteiger partial charge is 0.257 e. The third-order valence-electron chi connectivity index (χ3n) is 3.78. The van der Waals surface area contributed by atoms with Gasteiger partial charge in [-0.3, -0.25) is 10.1 Å². The quantitative estimate of drug-likeness (QED) is 0.574. The largest absolute Gasteiger partial charge is 0.506 e. The molecule has 0 aromatic heterocycles. The molecule has 0 saturated heterocycles. The number of anilines is 1. The summed E-state index contributed by atoms with van der Waals surface area (Å²) in [4.78, 5) is 12.0. The maximum absolute atomic E-state index is 12.9. The summed E-state index contributed by atoms with van der Waals surface area (Å²) in [5, 5.41) is 15.3. The highest BCUT2D eigenvalue weighted by molar-refractivity contribution is 7.80. The molecule has 2 aromatic carbocycles. The number of rotatable bonds is 4. The number of benzene rings is 2. The van der Waals surface area contributed by atoms with E-state index in [1.807, 2.05) is 6.07 Å². The molecule has 3 N–H and O–H groups in total. The fraction of sp³-hybridized carbons (Fsp3) is 0.222. The number of phenols is 1. The topological polar surface area (TPSA) is 61.4 Å². The van der Waals surface area contributed by atoms with Gasteiger partial charge in [0.05, 0.1) is 5.69 Å². The van der Waals surface area contributed by atoms with Gasteiger partial charge in [-0.2, -0.15) is 0 Å². The van der Waals surface area contributed by atoms with Crippen molar-refractivity contribution in [2.24, 2.45) is 0 Å². The molecule has 0 aliphatic carbocycles. The fourth-order valence-corrected chi connectivity index (χ4v) is 2.33. The average molecular weight is 346 g/mol. The molecule has 1 unspecified atom stereocenters. The number of hydrogen-bond acceptors (Lipinski definition) is 3. The molecule has 0 fully saturated rings. The number of halogens is 1. The first-order valence-electron chi connectivity index (χ1n) is 7.61. The number of hydrogen-bond donors (Lipinski definition) is 3. The Morgan fingerprint density at radius 1 is 1.25 bits per heavy atom. The second kappa shape index (κ2) is 7.88. The van der Waals surface area contributed by atoms with E-state index in [2.05, 4.69) is 24.5 Å². The van der Waals surface area contributed by atoms with Gasteiger partial charge >= 0.3 is 0 Å². The maximum atomic E-state index is 12.9. The Kier molecular flexibility index (Phi) is 5.87. The molecule has 0 saturated carbocycles. The number of aromatic hydroxyl groups is 1. The predicted molar refractivity (Wildman–Crippen MR) is 96.9 cm³/mol.